The van der Waals surface area contributed by atoms with E-state index >= 15 is 0 Å². The van der Waals surface area contributed by atoms with Crippen molar-refractivity contribution in [3.63, 3.8) is 0 Å². The first-order valence-electron chi connectivity index (χ1n) is 12.7. The molecule has 2 atom stereocenters. The SMILES string of the molecule is Cc1nnc(SCC2=C(C(=O)O)N3C(=O)C(NC(=O)CC4=C(CNC(=O)OC(C)(C)C)CCCC4)[C@@H]3SC2)s1. The van der Waals surface area contributed by atoms with Crippen LogP contribution < -0.4 is 10.6 Å². The van der Waals surface area contributed by atoms with E-state index in [-0.39, 0.29) is 18.0 Å². The second kappa shape index (κ2) is 12.3. The van der Waals surface area contributed by atoms with Gasteiger partial charge in [-0.2, -0.15) is 0 Å². The number of thioether (sulfide) groups is 2. The number of β-lactam (4-membered cyclic amide) rings is 1. The second-order valence-electron chi connectivity index (χ2n) is 10.5. The van der Waals surface area contributed by atoms with Gasteiger partial charge in [-0.05, 0) is 59.0 Å². The zero-order valence-corrected chi connectivity index (χ0v) is 24.8. The minimum atomic E-state index is -1.16. The first kappa shape index (κ1) is 29.4. The van der Waals surface area contributed by atoms with Gasteiger partial charge in [0, 0.05) is 24.5 Å². The van der Waals surface area contributed by atoms with E-state index in [9.17, 15) is 24.3 Å². The lowest BCUT2D eigenvalue weighted by atomic mass is 9.89. The molecule has 212 valence electrons. The molecule has 1 saturated heterocycles. The molecule has 1 fully saturated rings. The van der Waals surface area contributed by atoms with Gasteiger partial charge in [0.15, 0.2) is 4.34 Å². The van der Waals surface area contributed by atoms with Crippen LogP contribution >= 0.6 is 34.9 Å². The van der Waals surface area contributed by atoms with Crippen molar-refractivity contribution in [1.82, 2.24) is 25.7 Å². The maximum atomic E-state index is 13.0. The molecule has 11 nitrogen and oxygen atoms in total. The standard InChI is InChI=1S/C25H33N5O6S3/c1-13-28-29-24(39-13)38-12-16-11-37-21-18(20(32)30(21)19(16)22(33)34)27-17(31)9-14-7-5-6-8-15(14)10-26-23(35)36-25(2,3)4/h18,21H,5-12H2,1-4H3,(H,26,35)(H,27,31)(H,33,34)/t18?,21-/m0/s1. The molecule has 39 heavy (non-hydrogen) atoms. The van der Waals surface area contributed by atoms with Gasteiger partial charge in [-0.1, -0.05) is 34.2 Å². The number of hydrogen-bond donors (Lipinski definition) is 3. The molecule has 14 heteroatoms. The maximum absolute atomic E-state index is 13.0. The van der Waals surface area contributed by atoms with Gasteiger partial charge in [0.1, 0.15) is 27.7 Å². The highest BCUT2D eigenvalue weighted by Crippen LogP contribution is 2.42. The Labute approximate surface area is 239 Å². The van der Waals surface area contributed by atoms with Gasteiger partial charge in [0.25, 0.3) is 5.91 Å². The van der Waals surface area contributed by atoms with Gasteiger partial charge in [0.2, 0.25) is 5.91 Å². The van der Waals surface area contributed by atoms with Crippen molar-refractivity contribution in [2.24, 2.45) is 0 Å². The molecule has 0 aromatic carbocycles. The third-order valence-corrected chi connectivity index (χ3v) is 9.77. The van der Waals surface area contributed by atoms with E-state index in [0.717, 1.165) is 46.2 Å². The lowest BCUT2D eigenvalue weighted by Crippen LogP contribution is -2.70. The highest BCUT2D eigenvalue weighted by molar-refractivity contribution is 8.01. The number of aryl methyl sites for hydroxylation is 1. The molecule has 2 aliphatic heterocycles. The van der Waals surface area contributed by atoms with Crippen molar-refractivity contribution in [1.29, 1.82) is 0 Å². The number of fused-ring (bicyclic) bond motifs is 1. The smallest absolute Gasteiger partial charge is 0.407 e. The van der Waals surface area contributed by atoms with E-state index in [1.54, 1.807) is 20.8 Å². The van der Waals surface area contributed by atoms with Crippen LogP contribution in [0.3, 0.4) is 0 Å². The Kier molecular flexibility index (Phi) is 9.27. The fourth-order valence-electron chi connectivity index (χ4n) is 4.65. The number of amides is 3. The number of nitrogens with one attached hydrogen (secondary N) is 2. The summed E-state index contributed by atoms with van der Waals surface area (Å²) < 4.78 is 6.05. The van der Waals surface area contributed by atoms with Gasteiger partial charge >= 0.3 is 12.1 Å². The highest BCUT2D eigenvalue weighted by atomic mass is 32.2. The number of nitrogens with zero attached hydrogens (tertiary/aromatic N) is 3. The molecule has 0 radical (unpaired) electrons. The number of alkyl carbamates (subject to hydrolysis) is 1. The number of carboxylic acids is 1. The molecule has 3 N–H and O–H groups in total. The van der Waals surface area contributed by atoms with E-state index in [2.05, 4.69) is 20.8 Å². The summed E-state index contributed by atoms with van der Waals surface area (Å²) in [7, 11) is 0. The Morgan fingerprint density at radius 1 is 1.15 bits per heavy atom. The Morgan fingerprint density at radius 2 is 1.87 bits per heavy atom. The van der Waals surface area contributed by atoms with Crippen LogP contribution in [0, 0.1) is 6.92 Å². The number of hydrogen-bond acceptors (Lipinski definition) is 10. The van der Waals surface area contributed by atoms with Crippen LogP contribution in [0.15, 0.2) is 26.8 Å². The molecule has 0 bridgehead atoms. The van der Waals surface area contributed by atoms with Gasteiger partial charge in [-0.25, -0.2) is 9.59 Å². The van der Waals surface area contributed by atoms with E-state index in [0.29, 0.717) is 23.6 Å². The average molecular weight is 596 g/mol. The molecule has 3 amide bonds. The molecule has 1 aromatic heterocycles. The lowest BCUT2D eigenvalue weighted by Gasteiger charge is -2.49. The van der Waals surface area contributed by atoms with E-state index < -0.39 is 35.0 Å². The predicted molar refractivity (Wildman–Crippen MR) is 149 cm³/mol. The number of carbonyl (C=O) groups excluding carboxylic acids is 3. The predicted octanol–water partition coefficient (Wildman–Crippen LogP) is 3.46. The molecule has 0 saturated carbocycles. The summed E-state index contributed by atoms with van der Waals surface area (Å²) in [5, 5.41) is 23.9. The topological polar surface area (TPSA) is 151 Å². The van der Waals surface area contributed by atoms with Gasteiger partial charge in [-0.3, -0.25) is 14.5 Å². The van der Waals surface area contributed by atoms with Crippen molar-refractivity contribution in [3.05, 3.63) is 27.4 Å². The van der Waals surface area contributed by atoms with Crippen molar-refractivity contribution in [2.45, 2.75) is 81.2 Å². The number of ether oxygens (including phenoxy) is 1. The van der Waals surface area contributed by atoms with Crippen molar-refractivity contribution in [3.8, 4) is 0 Å². The summed E-state index contributed by atoms with van der Waals surface area (Å²) >= 11 is 4.28. The number of rotatable bonds is 9. The summed E-state index contributed by atoms with van der Waals surface area (Å²) in [5.41, 5.74) is 2.02. The molecule has 3 aliphatic rings. The van der Waals surface area contributed by atoms with Crippen LogP contribution in [-0.2, 0) is 19.1 Å². The first-order valence-corrected chi connectivity index (χ1v) is 15.6. The van der Waals surface area contributed by atoms with E-state index in [1.165, 1.54) is 39.8 Å². The summed E-state index contributed by atoms with van der Waals surface area (Å²) in [5.74, 6) is -1.02. The third kappa shape index (κ3) is 7.34. The molecule has 1 aromatic rings. The highest BCUT2D eigenvalue weighted by Gasteiger charge is 2.54. The van der Waals surface area contributed by atoms with Gasteiger partial charge in [-0.15, -0.1) is 22.0 Å². The quantitative estimate of drug-likeness (QED) is 0.220. The number of aliphatic carboxylic acids is 1. The Hall–Kier alpha value is -2.58. The van der Waals surface area contributed by atoms with Crippen molar-refractivity contribution in [2.75, 3.05) is 18.1 Å². The molecular formula is C25H33N5O6S3. The minimum absolute atomic E-state index is 0.00604. The number of aromatic nitrogens is 2. The van der Waals surface area contributed by atoms with E-state index in [1.807, 2.05) is 6.92 Å². The van der Waals surface area contributed by atoms with Crippen molar-refractivity contribution >= 4 is 58.7 Å². The number of carbonyl (C=O) groups is 4. The molecule has 4 rings (SSSR count). The fraction of sp³-hybridized carbons (Fsp3) is 0.600. The molecular weight excluding hydrogens is 563 g/mol. The fourth-order valence-corrected chi connectivity index (χ4v) is 7.95. The summed E-state index contributed by atoms with van der Waals surface area (Å²) in [4.78, 5) is 51.4. The molecule has 1 unspecified atom stereocenters. The van der Waals surface area contributed by atoms with Crippen LogP contribution in [0.1, 0.15) is 57.9 Å². The first-order chi connectivity index (χ1) is 18.4. The molecule has 0 spiro atoms. The largest absolute Gasteiger partial charge is 0.477 e. The average Bonchev–Trinajstić information content (AvgIpc) is 3.28. The molecule has 3 heterocycles. The Balaban J connectivity index is 1.36. The van der Waals surface area contributed by atoms with Crippen LogP contribution in [0.4, 0.5) is 4.79 Å². The minimum Gasteiger partial charge on any atom is -0.477 e. The summed E-state index contributed by atoms with van der Waals surface area (Å²) in [6.45, 7) is 7.56. The maximum Gasteiger partial charge on any atom is 0.407 e. The Morgan fingerprint density at radius 3 is 2.51 bits per heavy atom. The second-order valence-corrected chi connectivity index (χ2v) is 14.0. The molecule has 1 aliphatic carbocycles. The normalized spacial score (nSPS) is 21.3. The third-order valence-electron chi connectivity index (χ3n) is 6.37. The van der Waals surface area contributed by atoms with Crippen LogP contribution in [0.2, 0.25) is 0 Å². The van der Waals surface area contributed by atoms with E-state index in [4.69, 9.17) is 4.74 Å². The van der Waals surface area contributed by atoms with Crippen LogP contribution in [0.5, 0.6) is 0 Å². The summed E-state index contributed by atoms with van der Waals surface area (Å²) in [6, 6.07) is -0.774. The monoisotopic (exact) mass is 595 g/mol. The zero-order chi connectivity index (χ0) is 28.3. The zero-order valence-electron chi connectivity index (χ0n) is 22.4. The Bertz CT molecular complexity index is 1220. The van der Waals surface area contributed by atoms with Crippen molar-refractivity contribution < 1.29 is 29.0 Å². The van der Waals surface area contributed by atoms with Crippen LogP contribution in [-0.4, -0.2) is 79.1 Å². The summed E-state index contributed by atoms with van der Waals surface area (Å²) in [6.07, 6.45) is 3.11. The van der Waals surface area contributed by atoms with Gasteiger partial charge < -0.3 is 20.5 Å². The number of carboxylic acid groups (broad SMARTS) is 1. The van der Waals surface area contributed by atoms with Gasteiger partial charge in [0.05, 0.1) is 0 Å². The van der Waals surface area contributed by atoms with Crippen LogP contribution in [0.25, 0.3) is 0 Å². The lowest BCUT2D eigenvalue weighted by molar-refractivity contribution is -0.150.